The number of nitrogens with one attached hydrogen (secondary N) is 1. The van der Waals surface area contributed by atoms with E-state index in [1.165, 1.54) is 31.4 Å². The molecule has 0 atom stereocenters. The van der Waals surface area contributed by atoms with Crippen LogP contribution in [0, 0.1) is 11.7 Å². The Labute approximate surface area is 181 Å². The minimum Gasteiger partial charge on any atom is -0.381 e. The quantitative estimate of drug-likeness (QED) is 0.348. The maximum atomic E-state index is 13.2. The van der Waals surface area contributed by atoms with Crippen molar-refractivity contribution in [3.05, 3.63) is 35.6 Å². The predicted molar refractivity (Wildman–Crippen MR) is 122 cm³/mol. The zero-order valence-electron chi connectivity index (χ0n) is 17.1. The molecule has 1 aliphatic heterocycles. The Morgan fingerprint density at radius 3 is 2.48 bits per heavy atom. The molecule has 1 fully saturated rings. The molecular formula is C21H35FIN3O. The van der Waals surface area contributed by atoms with Crippen molar-refractivity contribution in [2.45, 2.75) is 45.4 Å². The van der Waals surface area contributed by atoms with Gasteiger partial charge in [0.15, 0.2) is 5.96 Å². The molecule has 1 heterocycles. The predicted octanol–water partition coefficient (Wildman–Crippen LogP) is 4.44. The summed E-state index contributed by atoms with van der Waals surface area (Å²) in [6.07, 6.45) is 3.50. The van der Waals surface area contributed by atoms with Gasteiger partial charge in [0, 0.05) is 38.8 Å². The first-order valence-corrected chi connectivity index (χ1v) is 9.75. The van der Waals surface area contributed by atoms with Gasteiger partial charge in [-0.15, -0.1) is 24.0 Å². The summed E-state index contributed by atoms with van der Waals surface area (Å²) in [6, 6.07) is 6.75. The second kappa shape index (κ2) is 11.8. The molecule has 0 unspecified atom stereocenters. The van der Waals surface area contributed by atoms with Gasteiger partial charge in [0.25, 0.3) is 0 Å². The van der Waals surface area contributed by atoms with Crippen molar-refractivity contribution in [1.82, 2.24) is 10.2 Å². The molecule has 0 aromatic heterocycles. The number of hydrogen-bond acceptors (Lipinski definition) is 2. The number of nitrogens with zero attached hydrogens (tertiary/aromatic N) is 2. The molecule has 6 heteroatoms. The number of ether oxygens (including phenoxy) is 1. The molecule has 0 saturated carbocycles. The standard InChI is InChI=1S/C21H34FN3O.HI/c1-5-23-20(25(4)13-10-17-11-14-26-15-12-17)24-16-21(2,3)18-6-8-19(22)9-7-18;/h6-9,17H,5,10-16H2,1-4H3,(H,23,24);1H. The van der Waals surface area contributed by atoms with Gasteiger partial charge in [0.2, 0.25) is 0 Å². The third-order valence-corrected chi connectivity index (χ3v) is 5.16. The van der Waals surface area contributed by atoms with Crippen LogP contribution in [0.5, 0.6) is 0 Å². The van der Waals surface area contributed by atoms with Crippen LogP contribution in [0.3, 0.4) is 0 Å². The van der Waals surface area contributed by atoms with E-state index in [0.717, 1.165) is 43.7 Å². The van der Waals surface area contributed by atoms with E-state index in [1.807, 2.05) is 12.1 Å². The minimum absolute atomic E-state index is 0. The molecule has 0 amide bonds. The number of hydrogen-bond donors (Lipinski definition) is 1. The Balaban J connectivity index is 0.00000364. The molecule has 0 spiro atoms. The normalized spacial score (nSPS) is 16.0. The third-order valence-electron chi connectivity index (χ3n) is 5.16. The van der Waals surface area contributed by atoms with Crippen LogP contribution in [0.2, 0.25) is 0 Å². The largest absolute Gasteiger partial charge is 0.381 e. The monoisotopic (exact) mass is 491 g/mol. The lowest BCUT2D eigenvalue weighted by Gasteiger charge is -2.28. The highest BCUT2D eigenvalue weighted by Gasteiger charge is 2.21. The Hall–Kier alpha value is -0.890. The van der Waals surface area contributed by atoms with Crippen LogP contribution in [0.1, 0.15) is 45.6 Å². The molecule has 2 rings (SSSR count). The third kappa shape index (κ3) is 7.94. The van der Waals surface area contributed by atoms with Crippen LogP contribution in [-0.4, -0.2) is 50.8 Å². The summed E-state index contributed by atoms with van der Waals surface area (Å²) in [7, 11) is 2.10. The summed E-state index contributed by atoms with van der Waals surface area (Å²) in [4.78, 5) is 7.08. The Morgan fingerprint density at radius 2 is 1.89 bits per heavy atom. The molecule has 1 N–H and O–H groups in total. The van der Waals surface area contributed by atoms with Gasteiger partial charge in [-0.25, -0.2) is 4.39 Å². The van der Waals surface area contributed by atoms with Crippen LogP contribution >= 0.6 is 24.0 Å². The van der Waals surface area contributed by atoms with Gasteiger partial charge in [-0.2, -0.15) is 0 Å². The number of guanidine groups is 1. The molecular weight excluding hydrogens is 456 g/mol. The van der Waals surface area contributed by atoms with E-state index in [9.17, 15) is 4.39 Å². The van der Waals surface area contributed by atoms with Crippen molar-refractivity contribution < 1.29 is 9.13 Å². The highest BCUT2D eigenvalue weighted by Crippen LogP contribution is 2.24. The van der Waals surface area contributed by atoms with E-state index in [0.29, 0.717) is 6.54 Å². The minimum atomic E-state index is -0.200. The summed E-state index contributed by atoms with van der Waals surface area (Å²) in [5.74, 6) is 1.49. The van der Waals surface area contributed by atoms with E-state index < -0.39 is 0 Å². The maximum Gasteiger partial charge on any atom is 0.193 e. The summed E-state index contributed by atoms with van der Waals surface area (Å²) in [5, 5.41) is 3.39. The molecule has 1 aromatic rings. The van der Waals surface area contributed by atoms with Crippen molar-refractivity contribution in [2.75, 3.05) is 39.9 Å². The fraction of sp³-hybridized carbons (Fsp3) is 0.667. The second-order valence-electron chi connectivity index (χ2n) is 7.83. The Kier molecular flexibility index (Phi) is 10.6. The summed E-state index contributed by atoms with van der Waals surface area (Å²) >= 11 is 0. The zero-order valence-corrected chi connectivity index (χ0v) is 19.5. The first-order chi connectivity index (χ1) is 12.4. The smallest absolute Gasteiger partial charge is 0.193 e. The first kappa shape index (κ1) is 24.1. The molecule has 0 radical (unpaired) electrons. The van der Waals surface area contributed by atoms with E-state index in [-0.39, 0.29) is 35.2 Å². The van der Waals surface area contributed by atoms with Gasteiger partial charge in [0.05, 0.1) is 6.54 Å². The Morgan fingerprint density at radius 1 is 1.26 bits per heavy atom. The lowest BCUT2D eigenvalue weighted by molar-refractivity contribution is 0.0625. The summed E-state index contributed by atoms with van der Waals surface area (Å²) < 4.78 is 18.6. The van der Waals surface area contributed by atoms with Crippen molar-refractivity contribution in [1.29, 1.82) is 0 Å². The Bertz CT molecular complexity index is 571. The first-order valence-electron chi connectivity index (χ1n) is 9.75. The molecule has 4 nitrogen and oxygen atoms in total. The fourth-order valence-electron chi connectivity index (χ4n) is 3.25. The topological polar surface area (TPSA) is 36.9 Å². The number of benzene rings is 1. The van der Waals surface area contributed by atoms with Crippen molar-refractivity contribution >= 4 is 29.9 Å². The highest BCUT2D eigenvalue weighted by atomic mass is 127. The maximum absolute atomic E-state index is 13.2. The SMILES string of the molecule is CCNC(=NCC(C)(C)c1ccc(F)cc1)N(C)CCC1CCOCC1.I. The van der Waals surface area contributed by atoms with Gasteiger partial charge in [-0.3, -0.25) is 4.99 Å². The zero-order chi connectivity index (χ0) is 19.0. The molecule has 1 aliphatic rings. The van der Waals surface area contributed by atoms with Crippen molar-refractivity contribution in [2.24, 2.45) is 10.9 Å². The van der Waals surface area contributed by atoms with E-state index in [1.54, 1.807) is 0 Å². The molecule has 154 valence electrons. The van der Waals surface area contributed by atoms with Gasteiger partial charge >= 0.3 is 0 Å². The number of rotatable bonds is 7. The molecule has 0 bridgehead atoms. The fourth-order valence-corrected chi connectivity index (χ4v) is 3.25. The van der Waals surface area contributed by atoms with Crippen LogP contribution in [0.4, 0.5) is 4.39 Å². The van der Waals surface area contributed by atoms with Crippen LogP contribution in [0.15, 0.2) is 29.3 Å². The summed E-state index contributed by atoms with van der Waals surface area (Å²) in [6.45, 7) is 10.7. The highest BCUT2D eigenvalue weighted by molar-refractivity contribution is 14.0. The molecule has 1 aromatic carbocycles. The number of aliphatic imine (C=N–C) groups is 1. The average molecular weight is 491 g/mol. The van der Waals surface area contributed by atoms with Gasteiger partial charge in [0.1, 0.15) is 5.82 Å². The van der Waals surface area contributed by atoms with E-state index in [2.05, 4.69) is 38.0 Å². The van der Waals surface area contributed by atoms with Crippen LogP contribution < -0.4 is 5.32 Å². The van der Waals surface area contributed by atoms with Gasteiger partial charge < -0.3 is 15.0 Å². The van der Waals surface area contributed by atoms with Crippen LogP contribution in [0.25, 0.3) is 0 Å². The van der Waals surface area contributed by atoms with Gasteiger partial charge in [-0.1, -0.05) is 26.0 Å². The van der Waals surface area contributed by atoms with Crippen LogP contribution in [-0.2, 0) is 10.2 Å². The average Bonchev–Trinajstić information content (AvgIpc) is 2.64. The van der Waals surface area contributed by atoms with Crippen molar-refractivity contribution in [3.63, 3.8) is 0 Å². The molecule has 27 heavy (non-hydrogen) atoms. The van der Waals surface area contributed by atoms with E-state index in [4.69, 9.17) is 9.73 Å². The lowest BCUT2D eigenvalue weighted by atomic mass is 9.85. The molecule has 0 aliphatic carbocycles. The second-order valence-corrected chi connectivity index (χ2v) is 7.83. The molecule has 1 saturated heterocycles. The van der Waals surface area contributed by atoms with Gasteiger partial charge in [-0.05, 0) is 49.8 Å². The van der Waals surface area contributed by atoms with E-state index >= 15 is 0 Å². The lowest BCUT2D eigenvalue weighted by Crippen LogP contribution is -2.41. The summed E-state index contributed by atoms with van der Waals surface area (Å²) in [5.41, 5.74) is 0.957. The van der Waals surface area contributed by atoms with Crippen molar-refractivity contribution in [3.8, 4) is 0 Å². The number of halogens is 2.